The zero-order valence-corrected chi connectivity index (χ0v) is 12.0. The van der Waals surface area contributed by atoms with Gasteiger partial charge in [0.1, 0.15) is 5.75 Å². The highest BCUT2D eigenvalue weighted by Gasteiger charge is 2.16. The molecule has 1 atom stereocenters. The summed E-state index contributed by atoms with van der Waals surface area (Å²) < 4.78 is 22.3. The quantitative estimate of drug-likeness (QED) is 0.918. The molecule has 0 radical (unpaired) electrons. The van der Waals surface area contributed by atoms with Crippen molar-refractivity contribution in [2.45, 2.75) is 10.8 Å². The van der Waals surface area contributed by atoms with Gasteiger partial charge in [0.15, 0.2) is 5.09 Å². The van der Waals surface area contributed by atoms with Gasteiger partial charge >= 0.3 is 5.97 Å². The maximum atomic E-state index is 12.2. The average molecular weight is 315 g/mol. The number of furan rings is 1. The van der Waals surface area contributed by atoms with E-state index in [0.717, 1.165) is 0 Å². The smallest absolute Gasteiger partial charge is 0.371 e. The highest BCUT2D eigenvalue weighted by molar-refractivity contribution is 7.84. The van der Waals surface area contributed by atoms with Gasteiger partial charge in [0.2, 0.25) is 5.76 Å². The molecular formula is C13H11ClO5S. The van der Waals surface area contributed by atoms with Gasteiger partial charge in [-0.25, -0.2) is 4.79 Å². The van der Waals surface area contributed by atoms with Crippen LogP contribution in [0.3, 0.4) is 0 Å². The summed E-state index contributed by atoms with van der Waals surface area (Å²) in [7, 11) is -0.0138. The number of hydrogen-bond acceptors (Lipinski definition) is 4. The van der Waals surface area contributed by atoms with Crippen molar-refractivity contribution in [2.75, 3.05) is 7.11 Å². The van der Waals surface area contributed by atoms with Crippen molar-refractivity contribution >= 4 is 28.4 Å². The maximum absolute atomic E-state index is 12.2. The molecule has 1 heterocycles. The van der Waals surface area contributed by atoms with Crippen LogP contribution in [0.5, 0.6) is 5.75 Å². The molecule has 0 aliphatic rings. The minimum absolute atomic E-state index is 0.101. The Hall–Kier alpha value is -1.79. The summed E-state index contributed by atoms with van der Waals surface area (Å²) in [5, 5.41) is 9.36. The number of methoxy groups -OCH3 is 1. The number of benzene rings is 1. The second-order valence-electron chi connectivity index (χ2n) is 3.87. The van der Waals surface area contributed by atoms with E-state index in [0.29, 0.717) is 16.3 Å². The molecule has 1 aromatic heterocycles. The third-order valence-corrected chi connectivity index (χ3v) is 4.02. The molecule has 0 bridgehead atoms. The first-order valence-electron chi connectivity index (χ1n) is 5.55. The van der Waals surface area contributed by atoms with E-state index in [9.17, 15) is 9.00 Å². The Morgan fingerprint density at radius 3 is 2.75 bits per heavy atom. The Balaban J connectivity index is 2.22. The van der Waals surface area contributed by atoms with E-state index in [1.54, 1.807) is 18.2 Å². The van der Waals surface area contributed by atoms with Gasteiger partial charge in [0, 0.05) is 10.6 Å². The molecule has 0 saturated carbocycles. The first-order valence-corrected chi connectivity index (χ1v) is 7.25. The van der Waals surface area contributed by atoms with Crippen LogP contribution in [0.4, 0.5) is 0 Å². The monoisotopic (exact) mass is 314 g/mol. The summed E-state index contributed by atoms with van der Waals surface area (Å²) in [6, 6.07) is 7.66. The van der Waals surface area contributed by atoms with Crippen molar-refractivity contribution in [3.63, 3.8) is 0 Å². The van der Waals surface area contributed by atoms with E-state index in [2.05, 4.69) is 0 Å². The zero-order valence-electron chi connectivity index (χ0n) is 10.5. The number of hydrogen-bond donors (Lipinski definition) is 1. The molecule has 7 heteroatoms. The summed E-state index contributed by atoms with van der Waals surface area (Å²) in [6.45, 7) is 0. The first kappa shape index (κ1) is 14.6. The minimum atomic E-state index is -1.52. The fraction of sp³-hybridized carbons (Fsp3) is 0.154. The molecule has 1 unspecified atom stereocenters. The van der Waals surface area contributed by atoms with Crippen molar-refractivity contribution < 1.29 is 23.3 Å². The lowest BCUT2D eigenvalue weighted by atomic mass is 10.2. The Bertz CT molecular complexity index is 665. The number of aromatic carboxylic acids is 1. The molecule has 0 fully saturated rings. The van der Waals surface area contributed by atoms with E-state index in [-0.39, 0.29) is 16.6 Å². The van der Waals surface area contributed by atoms with Gasteiger partial charge < -0.3 is 14.3 Å². The second kappa shape index (κ2) is 6.11. The molecule has 1 N–H and O–H groups in total. The van der Waals surface area contributed by atoms with Crippen molar-refractivity contribution in [3.8, 4) is 5.75 Å². The number of carboxylic acids is 1. The van der Waals surface area contributed by atoms with E-state index in [1.165, 1.54) is 19.2 Å². The van der Waals surface area contributed by atoms with Gasteiger partial charge in [-0.2, -0.15) is 0 Å². The number of carbonyl (C=O) groups is 1. The van der Waals surface area contributed by atoms with E-state index in [1.807, 2.05) is 0 Å². The molecule has 0 saturated heterocycles. The lowest BCUT2D eigenvalue weighted by Gasteiger charge is -2.07. The Morgan fingerprint density at radius 1 is 1.40 bits per heavy atom. The van der Waals surface area contributed by atoms with Crippen LogP contribution in [-0.2, 0) is 16.6 Å². The van der Waals surface area contributed by atoms with Gasteiger partial charge in [-0.15, -0.1) is 0 Å². The summed E-state index contributed by atoms with van der Waals surface area (Å²) in [5.74, 6) is -0.760. The Labute approximate surface area is 122 Å². The Kier molecular flexibility index (Phi) is 4.46. The van der Waals surface area contributed by atoms with Crippen LogP contribution in [-0.4, -0.2) is 22.4 Å². The van der Waals surface area contributed by atoms with Crippen LogP contribution < -0.4 is 4.74 Å². The fourth-order valence-corrected chi connectivity index (χ4v) is 2.88. The van der Waals surface area contributed by atoms with Crippen LogP contribution >= 0.6 is 11.6 Å². The first-order chi connectivity index (χ1) is 9.51. The van der Waals surface area contributed by atoms with Gasteiger partial charge in [-0.05, 0) is 30.3 Å². The Morgan fingerprint density at radius 2 is 2.15 bits per heavy atom. The van der Waals surface area contributed by atoms with Crippen molar-refractivity contribution in [1.82, 2.24) is 0 Å². The van der Waals surface area contributed by atoms with Crippen molar-refractivity contribution in [3.05, 3.63) is 46.7 Å². The van der Waals surface area contributed by atoms with Gasteiger partial charge in [-0.3, -0.25) is 4.21 Å². The van der Waals surface area contributed by atoms with E-state index in [4.69, 9.17) is 25.9 Å². The number of carboxylic acid groups (broad SMARTS) is 1. The normalized spacial score (nSPS) is 12.1. The van der Waals surface area contributed by atoms with E-state index >= 15 is 0 Å². The molecule has 0 aliphatic heterocycles. The van der Waals surface area contributed by atoms with Crippen molar-refractivity contribution in [2.24, 2.45) is 0 Å². The third kappa shape index (κ3) is 3.20. The third-order valence-electron chi connectivity index (χ3n) is 2.55. The van der Waals surface area contributed by atoms with Crippen LogP contribution in [0.15, 0.2) is 39.8 Å². The predicted octanol–water partition coefficient (Wildman–Crippen LogP) is 2.95. The molecule has 2 rings (SSSR count). The largest absolute Gasteiger partial charge is 0.496 e. The van der Waals surface area contributed by atoms with Crippen LogP contribution in [0.25, 0.3) is 0 Å². The molecule has 106 valence electrons. The lowest BCUT2D eigenvalue weighted by Crippen LogP contribution is -1.99. The standard InChI is InChI=1S/C13H11ClO5S/c1-18-10-3-2-9(14)6-8(10)7-20(17)12-5-4-11(19-12)13(15)16/h2-6H,7H2,1H3,(H,15,16). The van der Waals surface area contributed by atoms with Crippen LogP contribution in [0.1, 0.15) is 16.1 Å². The topological polar surface area (TPSA) is 76.7 Å². The van der Waals surface area contributed by atoms with Gasteiger partial charge in [0.05, 0.1) is 23.7 Å². The summed E-state index contributed by atoms with van der Waals surface area (Å²) in [4.78, 5) is 10.7. The van der Waals surface area contributed by atoms with Gasteiger partial charge in [0.25, 0.3) is 0 Å². The van der Waals surface area contributed by atoms with Crippen LogP contribution in [0, 0.1) is 0 Å². The molecule has 2 aromatic rings. The highest BCUT2D eigenvalue weighted by atomic mass is 35.5. The zero-order chi connectivity index (χ0) is 14.7. The highest BCUT2D eigenvalue weighted by Crippen LogP contribution is 2.26. The van der Waals surface area contributed by atoms with Gasteiger partial charge in [-0.1, -0.05) is 11.6 Å². The molecule has 20 heavy (non-hydrogen) atoms. The SMILES string of the molecule is COc1ccc(Cl)cc1CS(=O)c1ccc(C(=O)O)o1. The van der Waals surface area contributed by atoms with E-state index < -0.39 is 16.8 Å². The average Bonchev–Trinajstić information content (AvgIpc) is 2.89. The number of halogens is 1. The fourth-order valence-electron chi connectivity index (χ4n) is 1.63. The maximum Gasteiger partial charge on any atom is 0.371 e. The molecular weight excluding hydrogens is 304 g/mol. The molecule has 0 amide bonds. The lowest BCUT2D eigenvalue weighted by molar-refractivity contribution is 0.0656. The number of ether oxygens (including phenoxy) is 1. The minimum Gasteiger partial charge on any atom is -0.496 e. The summed E-state index contributed by atoms with van der Waals surface area (Å²) in [5.41, 5.74) is 0.659. The van der Waals surface area contributed by atoms with Crippen molar-refractivity contribution in [1.29, 1.82) is 0 Å². The number of rotatable bonds is 5. The molecule has 0 aliphatic carbocycles. The molecule has 5 nitrogen and oxygen atoms in total. The molecule has 1 aromatic carbocycles. The summed E-state index contributed by atoms with van der Waals surface area (Å²) in [6.07, 6.45) is 0. The second-order valence-corrected chi connectivity index (χ2v) is 5.69. The summed E-state index contributed by atoms with van der Waals surface area (Å²) >= 11 is 5.89. The molecule has 0 spiro atoms. The predicted molar refractivity (Wildman–Crippen MR) is 73.8 cm³/mol. The van der Waals surface area contributed by atoms with Crippen LogP contribution in [0.2, 0.25) is 5.02 Å².